The monoisotopic (exact) mass is 516 g/mol. The molecule has 2 aromatic carbocycles. The molecule has 204 valence electrons. The second-order valence-corrected chi connectivity index (χ2v) is 11.5. The minimum atomic E-state index is -0.382. The zero-order chi connectivity index (χ0) is 27.1. The Balaban J connectivity index is 1.51. The van der Waals surface area contributed by atoms with Crippen molar-refractivity contribution in [3.63, 3.8) is 0 Å². The lowest BCUT2D eigenvalue weighted by Crippen LogP contribution is -2.42. The number of nitrogens with zero attached hydrogens (tertiary/aromatic N) is 2. The van der Waals surface area contributed by atoms with Crippen molar-refractivity contribution in [3.8, 4) is 0 Å². The van der Waals surface area contributed by atoms with E-state index in [1.54, 1.807) is 6.08 Å². The number of methoxy groups -OCH3 is 1. The molecule has 0 aromatic heterocycles. The fourth-order valence-electron chi connectivity index (χ4n) is 6.23. The summed E-state index contributed by atoms with van der Waals surface area (Å²) in [5, 5.41) is 0. The standard InChI is InChI=1S/C33H44N2O3/c1-24-21-28(26-16-18-30(19-17-26)34(2)3)14-15-29(24)23-35(33(37)27-10-6-5-7-11-27)31-12-8-9-25(22-31)13-20-32(36)38-4/h8-9,12-13,16-20,22,24,27-29H,5-7,10-11,14-15,21,23H2,1-4H3/b20-13+. The molecule has 2 aliphatic carbocycles. The van der Waals surface area contributed by atoms with Gasteiger partial charge in [-0.25, -0.2) is 4.79 Å². The largest absolute Gasteiger partial charge is 0.466 e. The molecule has 2 saturated carbocycles. The maximum absolute atomic E-state index is 13.9. The van der Waals surface area contributed by atoms with E-state index in [0.29, 0.717) is 17.8 Å². The van der Waals surface area contributed by atoms with Crippen LogP contribution in [0.2, 0.25) is 0 Å². The average molecular weight is 517 g/mol. The van der Waals surface area contributed by atoms with Crippen LogP contribution >= 0.6 is 0 Å². The number of benzene rings is 2. The Morgan fingerprint density at radius 1 is 0.947 bits per heavy atom. The second-order valence-electron chi connectivity index (χ2n) is 11.5. The van der Waals surface area contributed by atoms with Crippen LogP contribution in [0.5, 0.6) is 0 Å². The number of hydrogen-bond donors (Lipinski definition) is 0. The quantitative estimate of drug-likeness (QED) is 0.278. The predicted molar refractivity (Wildman–Crippen MR) is 156 cm³/mol. The Kier molecular flexibility index (Phi) is 9.65. The normalized spacial score (nSPS) is 22.3. The van der Waals surface area contributed by atoms with E-state index in [4.69, 9.17) is 4.74 Å². The summed E-state index contributed by atoms with van der Waals surface area (Å²) in [4.78, 5) is 29.7. The van der Waals surface area contributed by atoms with E-state index in [-0.39, 0.29) is 17.8 Å². The lowest BCUT2D eigenvalue weighted by Gasteiger charge is -2.39. The number of rotatable bonds is 8. The summed E-state index contributed by atoms with van der Waals surface area (Å²) < 4.78 is 4.74. The van der Waals surface area contributed by atoms with Crippen molar-refractivity contribution in [1.29, 1.82) is 0 Å². The van der Waals surface area contributed by atoms with Crippen LogP contribution in [0.25, 0.3) is 6.08 Å². The smallest absolute Gasteiger partial charge is 0.330 e. The molecular weight excluding hydrogens is 472 g/mol. The van der Waals surface area contributed by atoms with Gasteiger partial charge in [-0.15, -0.1) is 0 Å². The van der Waals surface area contributed by atoms with Gasteiger partial charge in [0.25, 0.3) is 0 Å². The van der Waals surface area contributed by atoms with E-state index in [9.17, 15) is 9.59 Å². The van der Waals surface area contributed by atoms with Crippen molar-refractivity contribution in [2.45, 2.75) is 64.2 Å². The van der Waals surface area contributed by atoms with Crippen LogP contribution in [-0.4, -0.2) is 39.6 Å². The minimum Gasteiger partial charge on any atom is -0.466 e. The molecule has 2 aromatic rings. The lowest BCUT2D eigenvalue weighted by molar-refractivity contribution is -0.134. The third kappa shape index (κ3) is 7.06. The molecule has 5 heteroatoms. The van der Waals surface area contributed by atoms with Gasteiger partial charge in [-0.2, -0.15) is 0 Å². The Morgan fingerprint density at radius 3 is 2.34 bits per heavy atom. The lowest BCUT2D eigenvalue weighted by atomic mass is 9.72. The molecule has 4 rings (SSSR count). The fourth-order valence-corrected chi connectivity index (χ4v) is 6.23. The average Bonchev–Trinajstić information content (AvgIpc) is 2.95. The predicted octanol–water partition coefficient (Wildman–Crippen LogP) is 7.07. The van der Waals surface area contributed by atoms with E-state index in [1.807, 2.05) is 24.3 Å². The van der Waals surface area contributed by atoms with E-state index in [0.717, 1.165) is 62.7 Å². The highest BCUT2D eigenvalue weighted by Gasteiger charge is 2.33. The second kappa shape index (κ2) is 13.1. The molecule has 3 atom stereocenters. The van der Waals surface area contributed by atoms with Gasteiger partial charge in [0, 0.05) is 44.0 Å². The Morgan fingerprint density at radius 2 is 1.68 bits per heavy atom. The molecule has 2 aliphatic rings. The topological polar surface area (TPSA) is 49.9 Å². The Hall–Kier alpha value is -3.08. The molecule has 0 radical (unpaired) electrons. The number of carbonyl (C=O) groups is 2. The van der Waals surface area contributed by atoms with Gasteiger partial charge in [-0.1, -0.05) is 50.5 Å². The first kappa shape index (κ1) is 27.9. The molecule has 0 spiro atoms. The molecule has 2 fully saturated rings. The molecule has 0 saturated heterocycles. The summed E-state index contributed by atoms with van der Waals surface area (Å²) in [6, 6.07) is 17.0. The first-order valence-corrected chi connectivity index (χ1v) is 14.3. The SMILES string of the molecule is COC(=O)/C=C/c1cccc(N(CC2CCC(c3ccc(N(C)C)cc3)CC2C)C(=O)C2CCCCC2)c1. The molecule has 0 N–H and O–H groups in total. The number of anilines is 2. The Labute approximate surface area is 228 Å². The van der Waals surface area contributed by atoms with E-state index in [2.05, 4.69) is 55.1 Å². The molecule has 5 nitrogen and oxygen atoms in total. The van der Waals surface area contributed by atoms with Crippen molar-refractivity contribution in [2.75, 3.05) is 37.5 Å². The van der Waals surface area contributed by atoms with Gasteiger partial charge >= 0.3 is 5.97 Å². The van der Waals surface area contributed by atoms with Gasteiger partial charge in [0.1, 0.15) is 0 Å². The zero-order valence-corrected chi connectivity index (χ0v) is 23.6. The van der Waals surface area contributed by atoms with E-state index in [1.165, 1.54) is 30.9 Å². The van der Waals surface area contributed by atoms with Crippen LogP contribution in [0.1, 0.15) is 75.3 Å². The molecule has 38 heavy (non-hydrogen) atoms. The third-order valence-corrected chi connectivity index (χ3v) is 8.66. The van der Waals surface area contributed by atoms with Crippen molar-refractivity contribution in [3.05, 3.63) is 65.7 Å². The maximum Gasteiger partial charge on any atom is 0.330 e. The summed E-state index contributed by atoms with van der Waals surface area (Å²) in [5.74, 6) is 1.58. The van der Waals surface area contributed by atoms with E-state index < -0.39 is 0 Å². The van der Waals surface area contributed by atoms with Crippen LogP contribution in [0.3, 0.4) is 0 Å². The maximum atomic E-state index is 13.9. The molecule has 3 unspecified atom stereocenters. The minimum absolute atomic E-state index is 0.111. The summed E-state index contributed by atoms with van der Waals surface area (Å²) >= 11 is 0. The van der Waals surface area contributed by atoms with Crippen LogP contribution in [0.4, 0.5) is 11.4 Å². The van der Waals surface area contributed by atoms with Gasteiger partial charge in [0.2, 0.25) is 5.91 Å². The van der Waals surface area contributed by atoms with Crippen LogP contribution in [0.15, 0.2) is 54.6 Å². The number of carbonyl (C=O) groups excluding carboxylic acids is 2. The number of esters is 1. The van der Waals surface area contributed by atoms with Crippen LogP contribution < -0.4 is 9.80 Å². The highest BCUT2D eigenvalue weighted by atomic mass is 16.5. The number of ether oxygens (including phenoxy) is 1. The van der Waals surface area contributed by atoms with Gasteiger partial charge in [-0.3, -0.25) is 4.79 Å². The van der Waals surface area contributed by atoms with E-state index >= 15 is 0 Å². The van der Waals surface area contributed by atoms with Crippen molar-refractivity contribution >= 4 is 29.3 Å². The summed E-state index contributed by atoms with van der Waals surface area (Å²) in [7, 11) is 5.53. The van der Waals surface area contributed by atoms with Gasteiger partial charge < -0.3 is 14.5 Å². The number of hydrogen-bond acceptors (Lipinski definition) is 4. The zero-order valence-electron chi connectivity index (χ0n) is 23.6. The van der Waals surface area contributed by atoms with Crippen molar-refractivity contribution < 1.29 is 14.3 Å². The van der Waals surface area contributed by atoms with Crippen molar-refractivity contribution in [2.24, 2.45) is 17.8 Å². The van der Waals surface area contributed by atoms with Crippen LogP contribution in [-0.2, 0) is 14.3 Å². The van der Waals surface area contributed by atoms with Crippen molar-refractivity contribution in [1.82, 2.24) is 0 Å². The van der Waals surface area contributed by atoms with Gasteiger partial charge in [0.05, 0.1) is 7.11 Å². The fraction of sp³-hybridized carbons (Fsp3) is 0.515. The molecule has 1 amide bonds. The number of amides is 1. The summed E-state index contributed by atoms with van der Waals surface area (Å²) in [6.45, 7) is 3.12. The highest BCUT2D eigenvalue weighted by molar-refractivity contribution is 5.95. The van der Waals surface area contributed by atoms with Gasteiger partial charge in [0.15, 0.2) is 0 Å². The molecule has 0 heterocycles. The van der Waals surface area contributed by atoms with Gasteiger partial charge in [-0.05, 0) is 91.3 Å². The molecule has 0 aliphatic heterocycles. The highest BCUT2D eigenvalue weighted by Crippen LogP contribution is 2.41. The third-order valence-electron chi connectivity index (χ3n) is 8.66. The first-order valence-electron chi connectivity index (χ1n) is 14.3. The molecule has 0 bridgehead atoms. The Bertz CT molecular complexity index is 1100. The van der Waals surface area contributed by atoms with Crippen LogP contribution in [0, 0.1) is 17.8 Å². The first-order chi connectivity index (χ1) is 18.4. The summed E-state index contributed by atoms with van der Waals surface area (Å²) in [6.07, 6.45) is 12.1. The molecular formula is C33H44N2O3. The summed E-state index contributed by atoms with van der Waals surface area (Å²) in [5.41, 5.74) is 4.49.